The van der Waals surface area contributed by atoms with E-state index in [1.807, 2.05) is 38.1 Å². The molecule has 1 aromatic carbocycles. The lowest BCUT2D eigenvalue weighted by atomic mass is 10.2. The Morgan fingerprint density at radius 2 is 1.90 bits per heavy atom. The van der Waals surface area contributed by atoms with E-state index < -0.39 is 0 Å². The molecule has 5 nitrogen and oxygen atoms in total. The number of rotatable bonds is 8. The minimum absolute atomic E-state index is 0.00223. The molecular formula is C15H22BrN3O2. The first-order valence-corrected chi connectivity index (χ1v) is 7.80. The van der Waals surface area contributed by atoms with Crippen LogP contribution in [0.2, 0.25) is 0 Å². The third-order valence-electron chi connectivity index (χ3n) is 2.67. The molecular weight excluding hydrogens is 334 g/mol. The number of hydrogen-bond donors (Lipinski definition) is 3. The fourth-order valence-electron chi connectivity index (χ4n) is 1.57. The van der Waals surface area contributed by atoms with Gasteiger partial charge in [-0.3, -0.25) is 9.59 Å². The SMILES string of the molecule is CC(C)CNC(=O)CCNCC(=O)Nc1ccccc1Br. The van der Waals surface area contributed by atoms with Crippen LogP contribution in [0.25, 0.3) is 0 Å². The number of halogens is 1. The predicted molar refractivity (Wildman–Crippen MR) is 88.1 cm³/mol. The second-order valence-electron chi connectivity index (χ2n) is 5.15. The summed E-state index contributed by atoms with van der Waals surface area (Å²) in [5, 5.41) is 8.58. The van der Waals surface area contributed by atoms with Gasteiger partial charge in [0.1, 0.15) is 0 Å². The van der Waals surface area contributed by atoms with E-state index in [1.165, 1.54) is 0 Å². The Labute approximate surface area is 134 Å². The van der Waals surface area contributed by atoms with Crippen LogP contribution in [0.4, 0.5) is 5.69 Å². The zero-order valence-electron chi connectivity index (χ0n) is 12.4. The molecule has 2 amide bonds. The standard InChI is InChI=1S/C15H22BrN3O2/c1-11(2)9-18-14(20)7-8-17-10-15(21)19-13-6-4-3-5-12(13)16/h3-6,11,17H,7-10H2,1-2H3,(H,18,20)(H,19,21). The summed E-state index contributed by atoms with van der Waals surface area (Å²) in [5.74, 6) is 0.309. The minimum Gasteiger partial charge on any atom is -0.356 e. The van der Waals surface area contributed by atoms with Crippen LogP contribution in [0.1, 0.15) is 20.3 Å². The summed E-state index contributed by atoms with van der Waals surface area (Å²) < 4.78 is 0.839. The maximum absolute atomic E-state index is 11.7. The number of carbonyl (C=O) groups is 2. The average molecular weight is 356 g/mol. The lowest BCUT2D eigenvalue weighted by Gasteiger charge is -2.09. The van der Waals surface area contributed by atoms with E-state index in [0.717, 1.165) is 10.2 Å². The summed E-state index contributed by atoms with van der Waals surface area (Å²) >= 11 is 3.37. The summed E-state index contributed by atoms with van der Waals surface area (Å²) in [6.45, 7) is 5.43. The Kier molecular flexibility index (Phi) is 8.00. The third-order valence-corrected chi connectivity index (χ3v) is 3.36. The summed E-state index contributed by atoms with van der Waals surface area (Å²) in [6.07, 6.45) is 0.370. The molecule has 21 heavy (non-hydrogen) atoms. The Hall–Kier alpha value is -1.40. The van der Waals surface area contributed by atoms with E-state index in [9.17, 15) is 9.59 Å². The normalized spacial score (nSPS) is 10.5. The van der Waals surface area contributed by atoms with E-state index in [0.29, 0.717) is 25.4 Å². The van der Waals surface area contributed by atoms with Crippen molar-refractivity contribution < 1.29 is 9.59 Å². The molecule has 0 saturated heterocycles. The van der Waals surface area contributed by atoms with Crippen molar-refractivity contribution in [1.29, 1.82) is 0 Å². The molecule has 0 fully saturated rings. The fourth-order valence-corrected chi connectivity index (χ4v) is 1.95. The first-order valence-electron chi connectivity index (χ1n) is 7.01. The number of nitrogens with one attached hydrogen (secondary N) is 3. The second-order valence-corrected chi connectivity index (χ2v) is 6.01. The zero-order valence-corrected chi connectivity index (χ0v) is 14.0. The van der Waals surface area contributed by atoms with Crippen molar-refractivity contribution in [2.24, 2.45) is 5.92 Å². The molecule has 0 atom stereocenters. The maximum atomic E-state index is 11.7. The van der Waals surface area contributed by atoms with Gasteiger partial charge in [-0.15, -0.1) is 0 Å². The second kappa shape index (κ2) is 9.52. The molecule has 0 aliphatic rings. The van der Waals surface area contributed by atoms with Crippen LogP contribution in [0, 0.1) is 5.92 Å². The summed E-state index contributed by atoms with van der Waals surface area (Å²) in [6, 6.07) is 7.42. The van der Waals surface area contributed by atoms with Gasteiger partial charge in [0.25, 0.3) is 0 Å². The van der Waals surface area contributed by atoms with Gasteiger partial charge >= 0.3 is 0 Å². The zero-order chi connectivity index (χ0) is 15.7. The smallest absolute Gasteiger partial charge is 0.238 e. The van der Waals surface area contributed by atoms with Crippen molar-refractivity contribution in [1.82, 2.24) is 10.6 Å². The fraction of sp³-hybridized carbons (Fsp3) is 0.467. The molecule has 0 spiro atoms. The lowest BCUT2D eigenvalue weighted by molar-refractivity contribution is -0.121. The van der Waals surface area contributed by atoms with Crippen LogP contribution < -0.4 is 16.0 Å². The van der Waals surface area contributed by atoms with Crippen LogP contribution in [0.5, 0.6) is 0 Å². The molecule has 0 heterocycles. The first kappa shape index (κ1) is 17.7. The van der Waals surface area contributed by atoms with Gasteiger partial charge in [0.2, 0.25) is 11.8 Å². The molecule has 0 unspecified atom stereocenters. The first-order chi connectivity index (χ1) is 9.99. The highest BCUT2D eigenvalue weighted by Crippen LogP contribution is 2.20. The average Bonchev–Trinajstić information content (AvgIpc) is 2.44. The van der Waals surface area contributed by atoms with Crippen LogP contribution in [0.3, 0.4) is 0 Å². The van der Waals surface area contributed by atoms with Crippen LogP contribution in [0.15, 0.2) is 28.7 Å². The Bertz CT molecular complexity index is 478. The summed E-state index contributed by atoms with van der Waals surface area (Å²) in [5.41, 5.74) is 0.735. The molecule has 116 valence electrons. The number of carbonyl (C=O) groups excluding carboxylic acids is 2. The van der Waals surface area contributed by atoms with Gasteiger partial charge in [-0.1, -0.05) is 26.0 Å². The highest BCUT2D eigenvalue weighted by atomic mass is 79.9. The van der Waals surface area contributed by atoms with Crippen molar-refractivity contribution >= 4 is 33.4 Å². The predicted octanol–water partition coefficient (Wildman–Crippen LogP) is 2.14. The van der Waals surface area contributed by atoms with E-state index in [4.69, 9.17) is 0 Å². The van der Waals surface area contributed by atoms with Gasteiger partial charge in [-0.2, -0.15) is 0 Å². The third kappa shape index (κ3) is 7.82. The van der Waals surface area contributed by atoms with Crippen LogP contribution in [-0.4, -0.2) is 31.4 Å². The van der Waals surface area contributed by atoms with Crippen molar-refractivity contribution in [3.05, 3.63) is 28.7 Å². The molecule has 6 heteroatoms. The maximum Gasteiger partial charge on any atom is 0.238 e. The lowest BCUT2D eigenvalue weighted by Crippen LogP contribution is -2.33. The number of para-hydroxylation sites is 1. The number of benzene rings is 1. The van der Waals surface area contributed by atoms with Crippen molar-refractivity contribution in [3.8, 4) is 0 Å². The highest BCUT2D eigenvalue weighted by molar-refractivity contribution is 9.10. The minimum atomic E-state index is -0.135. The Balaban J connectivity index is 2.17. The molecule has 0 aliphatic carbocycles. The van der Waals surface area contributed by atoms with Crippen LogP contribution >= 0.6 is 15.9 Å². The summed E-state index contributed by atoms with van der Waals surface area (Å²) in [4.78, 5) is 23.2. The molecule has 0 radical (unpaired) electrons. The van der Waals surface area contributed by atoms with Gasteiger partial charge < -0.3 is 16.0 Å². The largest absolute Gasteiger partial charge is 0.356 e. The van der Waals surface area contributed by atoms with E-state index >= 15 is 0 Å². The van der Waals surface area contributed by atoms with E-state index in [1.54, 1.807) is 0 Å². The number of anilines is 1. The van der Waals surface area contributed by atoms with E-state index in [-0.39, 0.29) is 18.4 Å². The van der Waals surface area contributed by atoms with Gasteiger partial charge in [0.05, 0.1) is 12.2 Å². The molecule has 1 rings (SSSR count). The topological polar surface area (TPSA) is 70.2 Å². The van der Waals surface area contributed by atoms with Gasteiger partial charge in [0.15, 0.2) is 0 Å². The Morgan fingerprint density at radius 1 is 1.19 bits per heavy atom. The number of hydrogen-bond acceptors (Lipinski definition) is 3. The molecule has 0 saturated carbocycles. The van der Waals surface area contributed by atoms with Crippen molar-refractivity contribution in [2.45, 2.75) is 20.3 Å². The molecule has 1 aromatic rings. The van der Waals surface area contributed by atoms with Crippen LogP contribution in [-0.2, 0) is 9.59 Å². The Morgan fingerprint density at radius 3 is 2.57 bits per heavy atom. The number of amides is 2. The van der Waals surface area contributed by atoms with E-state index in [2.05, 4.69) is 31.9 Å². The molecule has 0 aliphatic heterocycles. The van der Waals surface area contributed by atoms with Crippen molar-refractivity contribution in [2.75, 3.05) is 25.0 Å². The molecule has 0 aromatic heterocycles. The monoisotopic (exact) mass is 355 g/mol. The molecule has 0 bridgehead atoms. The highest BCUT2D eigenvalue weighted by Gasteiger charge is 2.06. The van der Waals surface area contributed by atoms with Gasteiger partial charge in [-0.05, 0) is 34.0 Å². The summed E-state index contributed by atoms with van der Waals surface area (Å²) in [7, 11) is 0. The van der Waals surface area contributed by atoms with Crippen molar-refractivity contribution in [3.63, 3.8) is 0 Å². The van der Waals surface area contributed by atoms with Gasteiger partial charge in [-0.25, -0.2) is 0 Å². The molecule has 3 N–H and O–H groups in total. The quantitative estimate of drug-likeness (QED) is 0.625. The van der Waals surface area contributed by atoms with Gasteiger partial charge in [0, 0.05) is 24.0 Å².